The first-order chi connectivity index (χ1) is 9.26. The van der Waals surface area contributed by atoms with Crippen molar-refractivity contribution < 1.29 is 9.84 Å². The van der Waals surface area contributed by atoms with E-state index in [0.29, 0.717) is 6.42 Å². The largest absolute Gasteiger partial charge is 0.395 e. The molecule has 3 nitrogen and oxygen atoms in total. The zero-order valence-electron chi connectivity index (χ0n) is 11.9. The van der Waals surface area contributed by atoms with Gasteiger partial charge in [-0.05, 0) is 31.2 Å². The summed E-state index contributed by atoms with van der Waals surface area (Å²) in [6.45, 7) is 2.90. The second-order valence-corrected chi connectivity index (χ2v) is 4.56. The normalized spacial score (nSPS) is 10.3. The van der Waals surface area contributed by atoms with E-state index < -0.39 is 0 Å². The van der Waals surface area contributed by atoms with Crippen molar-refractivity contribution in [3.8, 4) is 11.8 Å². The Kier molecular flexibility index (Phi) is 7.92. The third kappa shape index (κ3) is 6.97. The third-order valence-corrected chi connectivity index (χ3v) is 2.76. The Labute approximate surface area is 116 Å². The average Bonchev–Trinajstić information content (AvgIpc) is 2.41. The summed E-state index contributed by atoms with van der Waals surface area (Å²) >= 11 is 0. The number of ether oxygens (including phenoxy) is 1. The Hall–Kier alpha value is -1.34. The van der Waals surface area contributed by atoms with Crippen LogP contribution in [0.5, 0.6) is 0 Å². The van der Waals surface area contributed by atoms with Crippen molar-refractivity contribution in [2.75, 3.05) is 33.9 Å². The lowest BCUT2D eigenvalue weighted by atomic mass is 10.1. The first-order valence-corrected chi connectivity index (χ1v) is 6.62. The van der Waals surface area contributed by atoms with Crippen LogP contribution < -0.4 is 0 Å². The van der Waals surface area contributed by atoms with Crippen LogP contribution in [0.2, 0.25) is 0 Å². The van der Waals surface area contributed by atoms with Gasteiger partial charge in [0.1, 0.15) is 0 Å². The monoisotopic (exact) mass is 261 g/mol. The molecule has 1 aromatic rings. The van der Waals surface area contributed by atoms with E-state index in [1.165, 1.54) is 5.56 Å². The van der Waals surface area contributed by atoms with Crippen LogP contribution in [0.1, 0.15) is 24.0 Å². The van der Waals surface area contributed by atoms with Gasteiger partial charge in [0.25, 0.3) is 0 Å². The van der Waals surface area contributed by atoms with Crippen LogP contribution in [-0.2, 0) is 11.3 Å². The molecule has 0 radical (unpaired) electrons. The number of hydrogen-bond acceptors (Lipinski definition) is 3. The fourth-order valence-corrected chi connectivity index (χ4v) is 1.78. The lowest BCUT2D eigenvalue weighted by molar-refractivity contribution is 0.178. The molecule has 3 heteroatoms. The lowest BCUT2D eigenvalue weighted by Gasteiger charge is -2.16. The minimum atomic E-state index is 0.122. The molecule has 0 heterocycles. The zero-order valence-corrected chi connectivity index (χ0v) is 11.9. The summed E-state index contributed by atoms with van der Waals surface area (Å²) in [5.74, 6) is 5.95. The smallest absolute Gasteiger partial charge is 0.0540 e. The molecular formula is C16H23NO2. The van der Waals surface area contributed by atoms with Crippen molar-refractivity contribution in [3.05, 3.63) is 35.4 Å². The summed E-state index contributed by atoms with van der Waals surface area (Å²) in [7, 11) is 3.85. The van der Waals surface area contributed by atoms with E-state index in [-0.39, 0.29) is 6.61 Å². The summed E-state index contributed by atoms with van der Waals surface area (Å²) in [6.07, 6.45) is 1.59. The number of aliphatic hydroxyl groups excluding tert-OH is 1. The van der Waals surface area contributed by atoms with Gasteiger partial charge in [0.05, 0.1) is 6.61 Å². The fourth-order valence-electron chi connectivity index (χ4n) is 1.78. The molecule has 0 fully saturated rings. The first kappa shape index (κ1) is 15.7. The molecule has 0 aliphatic heterocycles. The molecule has 19 heavy (non-hydrogen) atoms. The van der Waals surface area contributed by atoms with E-state index in [4.69, 9.17) is 9.84 Å². The number of rotatable bonds is 7. The molecule has 1 rings (SSSR count). The number of hydrogen-bond donors (Lipinski definition) is 1. The topological polar surface area (TPSA) is 32.7 Å². The van der Waals surface area contributed by atoms with Crippen LogP contribution in [0.4, 0.5) is 0 Å². The molecule has 0 bridgehead atoms. The number of aliphatic hydroxyl groups is 1. The van der Waals surface area contributed by atoms with Crippen LogP contribution in [0.15, 0.2) is 24.3 Å². The summed E-state index contributed by atoms with van der Waals surface area (Å²) in [5, 5.41) is 8.66. The Morgan fingerprint density at radius 3 is 2.63 bits per heavy atom. The summed E-state index contributed by atoms with van der Waals surface area (Å²) in [6, 6.07) is 8.27. The standard InChI is InChI=1S/C16H23NO2/c1-17(11-5-13-19-2)14-16-9-7-15(8-10-16)6-3-4-12-18/h7-10,18H,4-5,11-14H2,1-2H3. The zero-order chi connectivity index (χ0) is 13.9. The van der Waals surface area contributed by atoms with Gasteiger partial charge in [0.15, 0.2) is 0 Å². The molecule has 0 aromatic heterocycles. The molecular weight excluding hydrogens is 238 g/mol. The van der Waals surface area contributed by atoms with Crippen molar-refractivity contribution >= 4 is 0 Å². The Morgan fingerprint density at radius 1 is 1.26 bits per heavy atom. The summed E-state index contributed by atoms with van der Waals surface area (Å²) < 4.78 is 5.05. The predicted octanol–water partition coefficient (Wildman–Crippen LogP) is 1.89. The molecule has 0 spiro atoms. The van der Waals surface area contributed by atoms with Crippen LogP contribution in [-0.4, -0.2) is 43.9 Å². The Morgan fingerprint density at radius 2 is 2.00 bits per heavy atom. The predicted molar refractivity (Wildman–Crippen MR) is 77.8 cm³/mol. The molecule has 0 aliphatic rings. The molecule has 0 unspecified atom stereocenters. The van der Waals surface area contributed by atoms with Crippen molar-refractivity contribution in [1.29, 1.82) is 0 Å². The van der Waals surface area contributed by atoms with Gasteiger partial charge in [-0.2, -0.15) is 0 Å². The molecule has 0 amide bonds. The van der Waals surface area contributed by atoms with Crippen LogP contribution in [0.25, 0.3) is 0 Å². The van der Waals surface area contributed by atoms with Gasteiger partial charge in [-0.15, -0.1) is 0 Å². The van der Waals surface area contributed by atoms with Gasteiger partial charge in [-0.1, -0.05) is 24.0 Å². The highest BCUT2D eigenvalue weighted by atomic mass is 16.5. The SMILES string of the molecule is COCCCN(C)Cc1ccc(C#CCCO)cc1. The van der Waals surface area contributed by atoms with Crippen molar-refractivity contribution in [1.82, 2.24) is 4.90 Å². The molecule has 1 aromatic carbocycles. The van der Waals surface area contributed by atoms with Crippen LogP contribution >= 0.6 is 0 Å². The quantitative estimate of drug-likeness (QED) is 0.601. The highest BCUT2D eigenvalue weighted by Gasteiger charge is 2.00. The molecule has 0 saturated heterocycles. The second kappa shape index (κ2) is 9.57. The maximum absolute atomic E-state index is 8.66. The highest BCUT2D eigenvalue weighted by Crippen LogP contribution is 2.06. The van der Waals surface area contributed by atoms with Gasteiger partial charge in [0, 0.05) is 38.8 Å². The van der Waals surface area contributed by atoms with E-state index in [1.54, 1.807) is 7.11 Å². The van der Waals surface area contributed by atoms with Gasteiger partial charge < -0.3 is 14.7 Å². The van der Waals surface area contributed by atoms with Gasteiger partial charge in [-0.25, -0.2) is 0 Å². The summed E-state index contributed by atoms with van der Waals surface area (Å²) in [5.41, 5.74) is 2.28. The van der Waals surface area contributed by atoms with Gasteiger partial charge in [0.2, 0.25) is 0 Å². The van der Waals surface area contributed by atoms with E-state index in [9.17, 15) is 0 Å². The Balaban J connectivity index is 2.41. The molecule has 1 N–H and O–H groups in total. The number of methoxy groups -OCH3 is 1. The number of benzene rings is 1. The van der Waals surface area contributed by atoms with Crippen molar-refractivity contribution in [2.45, 2.75) is 19.4 Å². The highest BCUT2D eigenvalue weighted by molar-refractivity contribution is 5.36. The first-order valence-electron chi connectivity index (χ1n) is 6.62. The average molecular weight is 261 g/mol. The van der Waals surface area contributed by atoms with Gasteiger partial charge in [-0.3, -0.25) is 0 Å². The third-order valence-electron chi connectivity index (χ3n) is 2.76. The summed E-state index contributed by atoms with van der Waals surface area (Å²) in [4.78, 5) is 2.28. The maximum atomic E-state index is 8.66. The molecule has 0 saturated carbocycles. The molecule has 0 atom stereocenters. The lowest BCUT2D eigenvalue weighted by Crippen LogP contribution is -2.20. The maximum Gasteiger partial charge on any atom is 0.0540 e. The fraction of sp³-hybridized carbons (Fsp3) is 0.500. The van der Waals surface area contributed by atoms with Crippen LogP contribution in [0, 0.1) is 11.8 Å². The van der Waals surface area contributed by atoms with Gasteiger partial charge >= 0.3 is 0 Å². The van der Waals surface area contributed by atoms with Crippen molar-refractivity contribution in [3.63, 3.8) is 0 Å². The molecule has 0 aliphatic carbocycles. The van der Waals surface area contributed by atoms with E-state index in [0.717, 1.165) is 31.7 Å². The second-order valence-electron chi connectivity index (χ2n) is 4.56. The minimum absolute atomic E-state index is 0.122. The molecule has 104 valence electrons. The minimum Gasteiger partial charge on any atom is -0.395 e. The van der Waals surface area contributed by atoms with Crippen LogP contribution in [0.3, 0.4) is 0 Å². The number of nitrogens with zero attached hydrogens (tertiary/aromatic N) is 1. The van der Waals surface area contributed by atoms with E-state index >= 15 is 0 Å². The van der Waals surface area contributed by atoms with Crippen molar-refractivity contribution in [2.24, 2.45) is 0 Å². The Bertz CT molecular complexity index is 403. The van der Waals surface area contributed by atoms with E-state index in [2.05, 4.69) is 35.9 Å². The van der Waals surface area contributed by atoms with E-state index in [1.807, 2.05) is 12.1 Å².